The SMILES string of the molecule is CC.CC.CC(C)(C)C.CC(C)(C)C.CC(C)(C)c1nc2ccccc2o1.CC(C)(C)c1nc2ccccc2s1. The van der Waals surface area contributed by atoms with Crippen molar-refractivity contribution < 1.29 is 4.42 Å². The molecule has 2 aromatic heterocycles. The van der Waals surface area contributed by atoms with Gasteiger partial charge in [-0.2, -0.15) is 0 Å². The van der Waals surface area contributed by atoms with Gasteiger partial charge in [0, 0.05) is 10.8 Å². The minimum atomic E-state index is -0.0149. The summed E-state index contributed by atoms with van der Waals surface area (Å²) >= 11 is 1.79. The van der Waals surface area contributed by atoms with Crippen LogP contribution in [0.3, 0.4) is 0 Å². The van der Waals surface area contributed by atoms with Gasteiger partial charge in [0.25, 0.3) is 0 Å². The lowest BCUT2D eigenvalue weighted by molar-refractivity contribution is 0.411. The Labute approximate surface area is 252 Å². The molecule has 0 aliphatic heterocycles. The Morgan fingerprint density at radius 2 is 0.925 bits per heavy atom. The molecular weight excluding hydrogens is 508 g/mol. The molecular formula is C36H62N2OS. The average molecular weight is 571 g/mol. The van der Waals surface area contributed by atoms with Crippen molar-refractivity contribution in [1.29, 1.82) is 0 Å². The monoisotopic (exact) mass is 570 g/mol. The number of rotatable bonds is 0. The lowest BCUT2D eigenvalue weighted by atomic mass is 9.97. The molecule has 0 saturated heterocycles. The van der Waals surface area contributed by atoms with Gasteiger partial charge in [-0.05, 0) is 35.1 Å². The molecule has 3 nitrogen and oxygen atoms in total. The van der Waals surface area contributed by atoms with Crippen molar-refractivity contribution in [2.24, 2.45) is 10.8 Å². The van der Waals surface area contributed by atoms with Crippen molar-refractivity contribution in [3.8, 4) is 0 Å². The normalized spacial score (nSPS) is 11.2. The number of hydrogen-bond donors (Lipinski definition) is 0. The zero-order valence-electron chi connectivity index (χ0n) is 29.3. The molecule has 4 aromatic rings. The molecule has 4 rings (SSSR count). The van der Waals surface area contributed by atoms with Gasteiger partial charge in [-0.1, -0.05) is 149 Å². The van der Waals surface area contributed by atoms with Gasteiger partial charge in [-0.25, -0.2) is 9.97 Å². The molecule has 0 aliphatic rings. The summed E-state index contributed by atoms with van der Waals surface area (Å²) in [5, 5.41) is 1.22. The summed E-state index contributed by atoms with van der Waals surface area (Å²) in [4.78, 5) is 9.02. The van der Waals surface area contributed by atoms with Crippen LogP contribution in [0.5, 0.6) is 0 Å². The highest BCUT2D eigenvalue weighted by Gasteiger charge is 2.20. The first-order chi connectivity index (χ1) is 18.1. The summed E-state index contributed by atoms with van der Waals surface area (Å²) in [6, 6.07) is 16.1. The number of thiazole rings is 1. The van der Waals surface area contributed by atoms with Crippen LogP contribution >= 0.6 is 11.3 Å². The Kier molecular flexibility index (Phi) is 17.6. The Morgan fingerprint density at radius 1 is 0.525 bits per heavy atom. The van der Waals surface area contributed by atoms with Gasteiger partial charge in [-0.3, -0.25) is 0 Å². The Hall–Kier alpha value is -2.20. The summed E-state index contributed by atoms with van der Waals surface area (Å²) in [5.74, 6) is 0.800. The average Bonchev–Trinajstić information content (AvgIpc) is 3.44. The van der Waals surface area contributed by atoms with E-state index in [1.54, 1.807) is 11.3 Å². The van der Waals surface area contributed by atoms with Crippen molar-refractivity contribution in [2.45, 2.75) is 135 Å². The van der Waals surface area contributed by atoms with Gasteiger partial charge in [0.1, 0.15) is 5.52 Å². The van der Waals surface area contributed by atoms with E-state index in [1.807, 2.05) is 58.0 Å². The van der Waals surface area contributed by atoms with Gasteiger partial charge in [-0.15, -0.1) is 11.3 Å². The number of para-hydroxylation sites is 3. The zero-order chi connectivity index (χ0) is 31.9. The van der Waals surface area contributed by atoms with Crippen molar-refractivity contribution in [3.63, 3.8) is 0 Å². The van der Waals surface area contributed by atoms with Crippen LogP contribution in [0.25, 0.3) is 21.3 Å². The fourth-order valence-electron chi connectivity index (χ4n) is 2.39. The second-order valence-corrected chi connectivity index (χ2v) is 15.5. The minimum absolute atomic E-state index is 0.0149. The molecule has 0 amide bonds. The van der Waals surface area contributed by atoms with Crippen LogP contribution in [-0.2, 0) is 10.8 Å². The number of aromatic nitrogens is 2. The topological polar surface area (TPSA) is 38.9 Å². The van der Waals surface area contributed by atoms with E-state index < -0.39 is 0 Å². The van der Waals surface area contributed by atoms with E-state index in [2.05, 4.69) is 125 Å². The third kappa shape index (κ3) is 19.0. The van der Waals surface area contributed by atoms with Gasteiger partial charge >= 0.3 is 0 Å². The van der Waals surface area contributed by atoms with Gasteiger partial charge < -0.3 is 4.42 Å². The van der Waals surface area contributed by atoms with Crippen LogP contribution in [0.15, 0.2) is 52.9 Å². The van der Waals surface area contributed by atoms with E-state index in [1.165, 1.54) is 9.71 Å². The molecule has 0 fully saturated rings. The molecule has 4 heteroatoms. The molecule has 2 aromatic carbocycles. The van der Waals surface area contributed by atoms with E-state index >= 15 is 0 Å². The number of benzene rings is 2. The van der Waals surface area contributed by atoms with Crippen LogP contribution in [0.2, 0.25) is 0 Å². The highest BCUT2D eigenvalue weighted by molar-refractivity contribution is 7.18. The second-order valence-electron chi connectivity index (χ2n) is 14.5. The fraction of sp³-hybridized carbons (Fsp3) is 0.611. The van der Waals surface area contributed by atoms with E-state index in [4.69, 9.17) is 4.42 Å². The minimum Gasteiger partial charge on any atom is -0.440 e. The van der Waals surface area contributed by atoms with Crippen LogP contribution in [-0.4, -0.2) is 9.97 Å². The molecule has 2 heterocycles. The van der Waals surface area contributed by atoms with E-state index in [-0.39, 0.29) is 10.8 Å². The molecule has 0 N–H and O–H groups in total. The first-order valence-electron chi connectivity index (χ1n) is 14.9. The summed E-state index contributed by atoms with van der Waals surface area (Å²) in [6.45, 7) is 38.4. The van der Waals surface area contributed by atoms with Crippen molar-refractivity contribution >= 4 is 32.7 Å². The van der Waals surface area contributed by atoms with Crippen molar-refractivity contribution in [3.05, 3.63) is 59.4 Å². The molecule has 0 unspecified atom stereocenters. The molecule has 0 atom stereocenters. The van der Waals surface area contributed by atoms with Gasteiger partial charge in [0.05, 0.1) is 15.2 Å². The number of nitrogens with zero attached hydrogens (tertiary/aromatic N) is 2. The van der Waals surface area contributed by atoms with Crippen LogP contribution < -0.4 is 0 Å². The fourth-order valence-corrected chi connectivity index (χ4v) is 3.41. The predicted molar refractivity (Wildman–Crippen MR) is 184 cm³/mol. The van der Waals surface area contributed by atoms with Gasteiger partial charge in [0.15, 0.2) is 5.58 Å². The largest absolute Gasteiger partial charge is 0.440 e. The first-order valence-corrected chi connectivity index (χ1v) is 15.7. The summed E-state index contributed by atoms with van der Waals surface area (Å²) < 4.78 is 6.91. The first kappa shape index (κ1) is 39.9. The van der Waals surface area contributed by atoms with E-state index in [0.29, 0.717) is 10.8 Å². The molecule has 0 aliphatic carbocycles. The zero-order valence-corrected chi connectivity index (χ0v) is 30.1. The van der Waals surface area contributed by atoms with Gasteiger partial charge in [0.2, 0.25) is 5.89 Å². The van der Waals surface area contributed by atoms with E-state index in [9.17, 15) is 0 Å². The van der Waals surface area contributed by atoms with Crippen molar-refractivity contribution in [2.75, 3.05) is 0 Å². The predicted octanol–water partition coefficient (Wildman–Crippen LogP) is 12.9. The van der Waals surface area contributed by atoms with Crippen molar-refractivity contribution in [1.82, 2.24) is 9.97 Å². The summed E-state index contributed by atoms with van der Waals surface area (Å²) in [5.41, 5.74) is 4.08. The summed E-state index contributed by atoms with van der Waals surface area (Å²) in [7, 11) is 0. The highest BCUT2D eigenvalue weighted by atomic mass is 32.1. The third-order valence-corrected chi connectivity index (χ3v) is 5.33. The number of oxazole rings is 1. The Bertz CT molecular complexity index is 1020. The molecule has 0 radical (unpaired) electrons. The van der Waals surface area contributed by atoms with E-state index in [0.717, 1.165) is 22.5 Å². The Balaban J connectivity index is 0. The lowest BCUT2D eigenvalue weighted by Crippen LogP contribution is -2.10. The summed E-state index contributed by atoms with van der Waals surface area (Å²) in [6.07, 6.45) is 0. The third-order valence-electron chi connectivity index (χ3n) is 3.87. The smallest absolute Gasteiger partial charge is 0.200 e. The van der Waals surface area contributed by atoms with Crippen LogP contribution in [0.1, 0.15) is 136 Å². The standard InChI is InChI=1S/C11H13NO.C11H13NS.2C5H12.2C2H6/c2*1-11(2,3)10-12-8-6-4-5-7-9(8)13-10;2*1-5(2,3)4;2*1-2/h2*4-7H,1-3H3;2*1-4H3;2*1-2H3. The number of fused-ring (bicyclic) bond motifs is 2. The highest BCUT2D eigenvalue weighted by Crippen LogP contribution is 2.30. The lowest BCUT2D eigenvalue weighted by Gasteiger charge is -2.13. The van der Waals surface area contributed by atoms with Crippen LogP contribution in [0, 0.1) is 10.8 Å². The molecule has 0 spiro atoms. The molecule has 0 bridgehead atoms. The maximum Gasteiger partial charge on any atom is 0.200 e. The second kappa shape index (κ2) is 17.6. The quantitative estimate of drug-likeness (QED) is 0.211. The number of hydrogen-bond acceptors (Lipinski definition) is 4. The maximum absolute atomic E-state index is 5.62. The van der Waals surface area contributed by atoms with Crippen LogP contribution in [0.4, 0.5) is 0 Å². The molecule has 0 saturated carbocycles. The maximum atomic E-state index is 5.62. The Morgan fingerprint density at radius 3 is 1.30 bits per heavy atom. The molecule has 40 heavy (non-hydrogen) atoms. The molecule has 228 valence electrons.